The van der Waals surface area contributed by atoms with Gasteiger partial charge in [-0.15, -0.1) is 0 Å². The molecule has 7 heteroatoms. The van der Waals surface area contributed by atoms with Gasteiger partial charge in [0.1, 0.15) is 6.73 Å². The van der Waals surface area contributed by atoms with Crippen LogP contribution in [0.3, 0.4) is 0 Å². The molecule has 1 saturated heterocycles. The fourth-order valence-corrected chi connectivity index (χ4v) is 2.76. The minimum Gasteiger partial charge on any atom is -0.361 e. The van der Waals surface area contributed by atoms with Crippen LogP contribution in [0, 0.1) is 0 Å². The Kier molecular flexibility index (Phi) is 5.44. The normalized spacial score (nSPS) is 19.2. The van der Waals surface area contributed by atoms with Gasteiger partial charge in [0.2, 0.25) is 5.91 Å². The van der Waals surface area contributed by atoms with E-state index >= 15 is 0 Å². The van der Waals surface area contributed by atoms with E-state index in [4.69, 9.17) is 4.74 Å². The minimum absolute atomic E-state index is 0.0839. The summed E-state index contributed by atoms with van der Waals surface area (Å²) in [5.74, 6) is -0.223. The molecule has 0 spiro atoms. The number of hydrogen-bond donors (Lipinski definition) is 3. The molecule has 1 aliphatic carbocycles. The molecule has 0 radical (unpaired) electrons. The van der Waals surface area contributed by atoms with Crippen molar-refractivity contribution >= 4 is 11.9 Å². The van der Waals surface area contributed by atoms with Gasteiger partial charge in [-0.25, -0.2) is 10.2 Å². The predicted octanol–water partition coefficient (Wildman–Crippen LogP) is 1.08. The number of carbonyl (C=O) groups is 2. The Morgan fingerprint density at radius 2 is 2.00 bits per heavy atom. The number of ether oxygens (including phenoxy) is 1. The van der Waals surface area contributed by atoms with E-state index in [2.05, 4.69) is 40.4 Å². The molecule has 1 aromatic carbocycles. The highest BCUT2D eigenvalue weighted by atomic mass is 16.5. The van der Waals surface area contributed by atoms with E-state index in [-0.39, 0.29) is 24.2 Å². The number of amides is 3. The van der Waals surface area contributed by atoms with Crippen molar-refractivity contribution in [2.45, 2.75) is 31.2 Å². The van der Waals surface area contributed by atoms with Crippen LogP contribution in [0.4, 0.5) is 4.79 Å². The number of nitrogens with one attached hydrogen (secondary N) is 3. The number of nitrogens with zero attached hydrogens (tertiary/aromatic N) is 1. The van der Waals surface area contributed by atoms with Crippen LogP contribution >= 0.6 is 0 Å². The standard InChI is InChI=1S/C17H24N4O3/c22-15-7-11-21(16(23)19-15)13-24-12-4-10-18-20-17(8-9-17)14-5-2-1-3-6-14/h1-3,5-6,18,20H,4,7-13H2,(H,19,22,23). The Labute approximate surface area is 141 Å². The summed E-state index contributed by atoms with van der Waals surface area (Å²) >= 11 is 0. The van der Waals surface area contributed by atoms with Crippen LogP contribution in [0.25, 0.3) is 0 Å². The molecule has 1 saturated carbocycles. The van der Waals surface area contributed by atoms with Crippen molar-refractivity contribution in [1.82, 2.24) is 21.1 Å². The van der Waals surface area contributed by atoms with Gasteiger partial charge in [0.05, 0.1) is 12.1 Å². The molecule has 24 heavy (non-hydrogen) atoms. The largest absolute Gasteiger partial charge is 0.361 e. The van der Waals surface area contributed by atoms with E-state index in [0.29, 0.717) is 19.6 Å². The van der Waals surface area contributed by atoms with E-state index in [1.807, 2.05) is 6.07 Å². The lowest BCUT2D eigenvalue weighted by Gasteiger charge is -2.26. The molecule has 7 nitrogen and oxygen atoms in total. The van der Waals surface area contributed by atoms with Gasteiger partial charge in [-0.2, -0.15) is 0 Å². The Bertz CT molecular complexity index is 574. The van der Waals surface area contributed by atoms with Crippen molar-refractivity contribution in [3.63, 3.8) is 0 Å². The summed E-state index contributed by atoms with van der Waals surface area (Å²) in [5.41, 5.74) is 8.10. The van der Waals surface area contributed by atoms with Crippen LogP contribution in [-0.4, -0.2) is 43.3 Å². The molecule has 3 rings (SSSR count). The summed E-state index contributed by atoms with van der Waals surface area (Å²) in [6.45, 7) is 1.99. The van der Waals surface area contributed by atoms with Crippen molar-refractivity contribution < 1.29 is 14.3 Å². The molecule has 0 atom stereocenters. The van der Waals surface area contributed by atoms with Gasteiger partial charge >= 0.3 is 6.03 Å². The highest BCUT2D eigenvalue weighted by Gasteiger charge is 2.43. The number of hydrazine groups is 1. The second-order valence-electron chi connectivity index (χ2n) is 6.26. The zero-order valence-corrected chi connectivity index (χ0v) is 13.7. The lowest BCUT2D eigenvalue weighted by molar-refractivity contribution is -0.122. The first-order valence-corrected chi connectivity index (χ1v) is 8.42. The third-order valence-electron chi connectivity index (χ3n) is 4.38. The van der Waals surface area contributed by atoms with Gasteiger partial charge in [0, 0.05) is 19.5 Å². The Hall–Kier alpha value is -1.96. The van der Waals surface area contributed by atoms with Gasteiger partial charge in [0.25, 0.3) is 0 Å². The Balaban J connectivity index is 1.26. The summed E-state index contributed by atoms with van der Waals surface area (Å²) in [6.07, 6.45) is 3.46. The topological polar surface area (TPSA) is 82.7 Å². The number of imide groups is 1. The fraction of sp³-hybridized carbons (Fsp3) is 0.529. The summed E-state index contributed by atoms with van der Waals surface area (Å²) in [7, 11) is 0. The highest BCUT2D eigenvalue weighted by molar-refractivity contribution is 5.96. The number of rotatable bonds is 9. The van der Waals surface area contributed by atoms with E-state index in [1.165, 1.54) is 10.5 Å². The van der Waals surface area contributed by atoms with Crippen molar-refractivity contribution in [3.05, 3.63) is 35.9 Å². The van der Waals surface area contributed by atoms with Crippen LogP contribution < -0.4 is 16.2 Å². The summed E-state index contributed by atoms with van der Waals surface area (Å²) in [5, 5.41) is 2.28. The van der Waals surface area contributed by atoms with Crippen molar-refractivity contribution in [3.8, 4) is 0 Å². The van der Waals surface area contributed by atoms with Gasteiger partial charge in [-0.05, 0) is 24.8 Å². The molecule has 2 aliphatic rings. The molecule has 1 aromatic rings. The Morgan fingerprint density at radius 1 is 1.21 bits per heavy atom. The molecule has 3 amide bonds. The van der Waals surface area contributed by atoms with E-state index < -0.39 is 0 Å². The molecule has 130 valence electrons. The number of urea groups is 1. The summed E-state index contributed by atoms with van der Waals surface area (Å²) in [6, 6.07) is 10.1. The highest BCUT2D eigenvalue weighted by Crippen LogP contribution is 2.44. The van der Waals surface area contributed by atoms with Crippen LogP contribution in [-0.2, 0) is 15.1 Å². The monoisotopic (exact) mass is 332 g/mol. The van der Waals surface area contributed by atoms with Crippen LogP contribution in [0.2, 0.25) is 0 Å². The SMILES string of the molecule is O=C1CCN(COCCCNNC2(c3ccccc3)CC2)C(=O)N1. The Morgan fingerprint density at radius 3 is 2.71 bits per heavy atom. The van der Waals surface area contributed by atoms with Crippen molar-refractivity contribution in [2.75, 3.05) is 26.4 Å². The maximum atomic E-state index is 11.5. The van der Waals surface area contributed by atoms with Crippen LogP contribution in [0.5, 0.6) is 0 Å². The number of carbonyl (C=O) groups excluding carboxylic acids is 2. The van der Waals surface area contributed by atoms with E-state index in [0.717, 1.165) is 25.8 Å². The van der Waals surface area contributed by atoms with Gasteiger partial charge < -0.3 is 9.64 Å². The maximum absolute atomic E-state index is 11.5. The van der Waals surface area contributed by atoms with Crippen molar-refractivity contribution in [1.29, 1.82) is 0 Å². The zero-order chi connectivity index (χ0) is 16.8. The number of benzene rings is 1. The number of hydrogen-bond acceptors (Lipinski definition) is 5. The second-order valence-corrected chi connectivity index (χ2v) is 6.26. The molecule has 0 unspecified atom stereocenters. The molecule has 0 bridgehead atoms. The third-order valence-corrected chi connectivity index (χ3v) is 4.38. The molecule has 0 aromatic heterocycles. The smallest absolute Gasteiger partial charge is 0.325 e. The predicted molar refractivity (Wildman–Crippen MR) is 88.8 cm³/mol. The first kappa shape index (κ1) is 16.9. The molecule has 1 aliphatic heterocycles. The maximum Gasteiger partial charge on any atom is 0.325 e. The lowest BCUT2D eigenvalue weighted by Crippen LogP contribution is -2.50. The molecule has 2 fully saturated rings. The van der Waals surface area contributed by atoms with Crippen LogP contribution in [0.15, 0.2) is 30.3 Å². The van der Waals surface area contributed by atoms with Gasteiger partial charge in [-0.1, -0.05) is 30.3 Å². The van der Waals surface area contributed by atoms with E-state index in [9.17, 15) is 9.59 Å². The second kappa shape index (κ2) is 7.74. The summed E-state index contributed by atoms with van der Waals surface area (Å²) < 4.78 is 5.50. The molecular formula is C17H24N4O3. The molecule has 1 heterocycles. The van der Waals surface area contributed by atoms with Gasteiger partial charge in [-0.3, -0.25) is 15.5 Å². The first-order valence-electron chi connectivity index (χ1n) is 8.42. The first-order chi connectivity index (χ1) is 11.7. The molecule has 3 N–H and O–H groups in total. The van der Waals surface area contributed by atoms with Gasteiger partial charge in [0.15, 0.2) is 0 Å². The fourth-order valence-electron chi connectivity index (χ4n) is 2.76. The third kappa shape index (κ3) is 4.31. The molecular weight excluding hydrogens is 308 g/mol. The van der Waals surface area contributed by atoms with E-state index in [1.54, 1.807) is 0 Å². The average Bonchev–Trinajstić information content (AvgIpc) is 3.38. The zero-order valence-electron chi connectivity index (χ0n) is 13.7. The minimum atomic E-state index is -0.371. The van der Waals surface area contributed by atoms with Crippen LogP contribution in [0.1, 0.15) is 31.2 Å². The quantitative estimate of drug-likeness (QED) is 0.465. The average molecular weight is 332 g/mol. The van der Waals surface area contributed by atoms with Crippen molar-refractivity contribution in [2.24, 2.45) is 0 Å². The summed E-state index contributed by atoms with van der Waals surface area (Å²) in [4.78, 5) is 24.1. The lowest BCUT2D eigenvalue weighted by atomic mass is 10.1.